The van der Waals surface area contributed by atoms with Crippen LogP contribution in [0.3, 0.4) is 0 Å². The number of halogens is 1. The molecule has 126 valence electrons. The fraction of sp³-hybridized carbons (Fsp3) is 0.333. The molecule has 1 aromatic heterocycles. The molecule has 24 heavy (non-hydrogen) atoms. The van der Waals surface area contributed by atoms with E-state index in [4.69, 9.17) is 16.3 Å². The summed E-state index contributed by atoms with van der Waals surface area (Å²) in [5, 5.41) is 3.55. The fourth-order valence-corrected chi connectivity index (χ4v) is 2.89. The van der Waals surface area contributed by atoms with Crippen molar-refractivity contribution in [3.8, 4) is 5.75 Å². The molecule has 2 amide bonds. The maximum absolute atomic E-state index is 12.3. The third-order valence-corrected chi connectivity index (χ3v) is 4.44. The Morgan fingerprint density at radius 1 is 1.42 bits per heavy atom. The van der Waals surface area contributed by atoms with Crippen molar-refractivity contribution in [1.82, 2.24) is 15.2 Å². The number of amides is 2. The molecule has 1 aliphatic heterocycles. The maximum atomic E-state index is 12.3. The van der Waals surface area contributed by atoms with E-state index in [-0.39, 0.29) is 12.1 Å². The second-order valence-corrected chi connectivity index (χ2v) is 6.27. The van der Waals surface area contributed by atoms with Crippen molar-refractivity contribution in [2.75, 3.05) is 13.1 Å². The van der Waals surface area contributed by atoms with Crippen LogP contribution in [0, 0.1) is 6.92 Å². The van der Waals surface area contributed by atoms with E-state index in [1.54, 1.807) is 23.4 Å². The lowest BCUT2D eigenvalue weighted by Crippen LogP contribution is -2.39. The highest BCUT2D eigenvalue weighted by atomic mass is 35.5. The minimum absolute atomic E-state index is 0.0293. The lowest BCUT2D eigenvalue weighted by atomic mass is 10.1. The molecule has 0 unspecified atom stereocenters. The van der Waals surface area contributed by atoms with Crippen molar-refractivity contribution in [3.63, 3.8) is 0 Å². The SMILES string of the molecule is Cc1cnccc1CNC(=O)N1CC[C@@H](Oc2ccccc2Cl)C1. The highest BCUT2D eigenvalue weighted by Crippen LogP contribution is 2.26. The van der Waals surface area contributed by atoms with E-state index in [2.05, 4.69) is 10.3 Å². The van der Waals surface area contributed by atoms with Gasteiger partial charge >= 0.3 is 6.03 Å². The first kappa shape index (κ1) is 16.6. The topological polar surface area (TPSA) is 54.5 Å². The third-order valence-electron chi connectivity index (χ3n) is 4.13. The van der Waals surface area contributed by atoms with Crippen molar-refractivity contribution >= 4 is 17.6 Å². The summed E-state index contributed by atoms with van der Waals surface area (Å²) in [5.74, 6) is 0.666. The Bertz CT molecular complexity index is 723. The molecule has 1 fully saturated rings. The van der Waals surface area contributed by atoms with Crippen LogP contribution in [0.1, 0.15) is 17.5 Å². The highest BCUT2D eigenvalue weighted by Gasteiger charge is 2.27. The second-order valence-electron chi connectivity index (χ2n) is 5.87. The number of carbonyl (C=O) groups is 1. The second kappa shape index (κ2) is 7.53. The molecule has 1 N–H and O–H groups in total. The van der Waals surface area contributed by atoms with Crippen LogP contribution >= 0.6 is 11.6 Å². The first-order valence-electron chi connectivity index (χ1n) is 7.97. The minimum Gasteiger partial charge on any atom is -0.487 e. The first-order valence-corrected chi connectivity index (χ1v) is 8.34. The average molecular weight is 346 g/mol. The Labute approximate surface area is 146 Å². The van der Waals surface area contributed by atoms with Crippen LogP contribution < -0.4 is 10.1 Å². The largest absolute Gasteiger partial charge is 0.487 e. The van der Waals surface area contributed by atoms with Gasteiger partial charge in [-0.25, -0.2) is 4.79 Å². The predicted molar refractivity (Wildman–Crippen MR) is 93.3 cm³/mol. The number of urea groups is 1. The zero-order valence-electron chi connectivity index (χ0n) is 13.5. The number of pyridine rings is 1. The van der Waals surface area contributed by atoms with Crippen LogP contribution in [0.4, 0.5) is 4.79 Å². The number of para-hydroxylation sites is 1. The van der Waals surface area contributed by atoms with Crippen molar-refractivity contribution in [3.05, 3.63) is 58.9 Å². The molecule has 2 heterocycles. The summed E-state index contributed by atoms with van der Waals surface area (Å²) in [4.78, 5) is 18.1. The number of likely N-dealkylation sites (tertiary alicyclic amines) is 1. The fourth-order valence-electron chi connectivity index (χ4n) is 2.71. The molecule has 1 saturated heterocycles. The number of nitrogens with zero attached hydrogens (tertiary/aromatic N) is 2. The minimum atomic E-state index is -0.0727. The standard InChI is InChI=1S/C18H20ClN3O2/c1-13-10-20-8-6-14(13)11-21-18(23)22-9-7-15(12-22)24-17-5-3-2-4-16(17)19/h2-6,8,10,15H,7,9,11-12H2,1H3,(H,21,23)/t15-/m1/s1. The van der Waals surface area contributed by atoms with Gasteiger partial charge in [-0.2, -0.15) is 0 Å². The number of nitrogens with one attached hydrogen (secondary N) is 1. The van der Waals surface area contributed by atoms with E-state index in [9.17, 15) is 4.79 Å². The molecule has 2 aromatic rings. The molecule has 1 aliphatic rings. The van der Waals surface area contributed by atoms with Crippen molar-refractivity contribution in [2.24, 2.45) is 0 Å². The van der Waals surface area contributed by atoms with E-state index >= 15 is 0 Å². The van der Waals surface area contributed by atoms with Gasteiger partial charge in [-0.1, -0.05) is 23.7 Å². The molecule has 5 nitrogen and oxygen atoms in total. The number of benzene rings is 1. The summed E-state index contributed by atoms with van der Waals surface area (Å²) < 4.78 is 5.91. The predicted octanol–water partition coefficient (Wildman–Crippen LogP) is 3.41. The number of aryl methyl sites for hydroxylation is 1. The molecular formula is C18H20ClN3O2. The summed E-state index contributed by atoms with van der Waals surface area (Å²) in [6, 6.07) is 9.24. The van der Waals surface area contributed by atoms with Crippen LogP contribution in [0.25, 0.3) is 0 Å². The van der Waals surface area contributed by atoms with Gasteiger partial charge in [0.15, 0.2) is 0 Å². The van der Waals surface area contributed by atoms with Gasteiger partial charge in [0.05, 0.1) is 11.6 Å². The van der Waals surface area contributed by atoms with E-state index in [0.29, 0.717) is 30.4 Å². The highest BCUT2D eigenvalue weighted by molar-refractivity contribution is 6.32. The normalized spacial score (nSPS) is 16.9. The molecular weight excluding hydrogens is 326 g/mol. The monoisotopic (exact) mass is 345 g/mol. The Kier molecular flexibility index (Phi) is 5.20. The van der Waals surface area contributed by atoms with Gasteiger partial charge in [0, 0.05) is 31.9 Å². The number of ether oxygens (including phenoxy) is 1. The summed E-state index contributed by atoms with van der Waals surface area (Å²) >= 11 is 6.11. The van der Waals surface area contributed by atoms with E-state index in [1.165, 1.54) is 0 Å². The van der Waals surface area contributed by atoms with E-state index in [1.807, 2.05) is 31.2 Å². The summed E-state index contributed by atoms with van der Waals surface area (Å²) in [5.41, 5.74) is 2.14. The lowest BCUT2D eigenvalue weighted by molar-refractivity contribution is 0.186. The molecule has 1 atom stereocenters. The Morgan fingerprint density at radius 2 is 2.25 bits per heavy atom. The zero-order chi connectivity index (χ0) is 16.9. The summed E-state index contributed by atoms with van der Waals surface area (Å²) in [6.07, 6.45) is 4.30. The van der Waals surface area contributed by atoms with Crippen molar-refractivity contribution in [1.29, 1.82) is 0 Å². The smallest absolute Gasteiger partial charge is 0.317 e. The van der Waals surface area contributed by atoms with Crippen molar-refractivity contribution in [2.45, 2.75) is 26.0 Å². The Balaban J connectivity index is 1.51. The number of carbonyl (C=O) groups excluding carboxylic acids is 1. The average Bonchev–Trinajstić information content (AvgIpc) is 3.05. The van der Waals surface area contributed by atoms with Crippen LogP contribution in [-0.4, -0.2) is 35.1 Å². The van der Waals surface area contributed by atoms with Gasteiger partial charge in [0.2, 0.25) is 0 Å². The summed E-state index contributed by atoms with van der Waals surface area (Å²) in [7, 11) is 0. The molecule has 3 rings (SSSR count). The number of hydrogen-bond donors (Lipinski definition) is 1. The zero-order valence-corrected chi connectivity index (χ0v) is 14.3. The Morgan fingerprint density at radius 3 is 3.04 bits per heavy atom. The maximum Gasteiger partial charge on any atom is 0.317 e. The van der Waals surface area contributed by atoms with Crippen LogP contribution in [0.2, 0.25) is 5.02 Å². The molecule has 0 radical (unpaired) electrons. The molecule has 0 bridgehead atoms. The third kappa shape index (κ3) is 3.97. The summed E-state index contributed by atoms with van der Waals surface area (Å²) in [6.45, 7) is 3.72. The van der Waals surface area contributed by atoms with Gasteiger partial charge in [-0.05, 0) is 36.2 Å². The molecule has 6 heteroatoms. The van der Waals surface area contributed by atoms with Crippen LogP contribution in [0.5, 0.6) is 5.75 Å². The van der Waals surface area contributed by atoms with Gasteiger partial charge < -0.3 is 15.0 Å². The number of hydrogen-bond acceptors (Lipinski definition) is 3. The molecule has 0 aliphatic carbocycles. The Hall–Kier alpha value is -2.27. The van der Waals surface area contributed by atoms with E-state index < -0.39 is 0 Å². The van der Waals surface area contributed by atoms with Crippen LogP contribution in [-0.2, 0) is 6.54 Å². The number of rotatable bonds is 4. The van der Waals surface area contributed by atoms with Gasteiger partial charge in [0.1, 0.15) is 11.9 Å². The first-order chi connectivity index (χ1) is 11.6. The van der Waals surface area contributed by atoms with Gasteiger partial charge in [-0.15, -0.1) is 0 Å². The van der Waals surface area contributed by atoms with Gasteiger partial charge in [0.25, 0.3) is 0 Å². The quantitative estimate of drug-likeness (QED) is 0.924. The van der Waals surface area contributed by atoms with Gasteiger partial charge in [-0.3, -0.25) is 4.98 Å². The molecule has 1 aromatic carbocycles. The molecule has 0 saturated carbocycles. The lowest BCUT2D eigenvalue weighted by Gasteiger charge is -2.18. The van der Waals surface area contributed by atoms with Crippen molar-refractivity contribution < 1.29 is 9.53 Å². The van der Waals surface area contributed by atoms with E-state index in [0.717, 1.165) is 17.5 Å². The molecule has 0 spiro atoms. The number of aromatic nitrogens is 1. The van der Waals surface area contributed by atoms with Crippen LogP contribution in [0.15, 0.2) is 42.7 Å².